The van der Waals surface area contributed by atoms with E-state index in [1.54, 1.807) is 18.2 Å². The summed E-state index contributed by atoms with van der Waals surface area (Å²) in [6, 6.07) is 7.60. The smallest absolute Gasteiger partial charge is 0.378 e. The van der Waals surface area contributed by atoms with E-state index in [2.05, 4.69) is 5.10 Å². The van der Waals surface area contributed by atoms with Crippen LogP contribution in [0.15, 0.2) is 35.4 Å². The van der Waals surface area contributed by atoms with Crippen LogP contribution in [0.25, 0.3) is 0 Å². The van der Waals surface area contributed by atoms with Gasteiger partial charge < -0.3 is 10.2 Å². The molecular weight excluding hydrogens is 325 g/mol. The van der Waals surface area contributed by atoms with E-state index in [1.165, 1.54) is 12.1 Å². The van der Waals surface area contributed by atoms with Gasteiger partial charge in [0, 0.05) is 5.71 Å². The molecule has 0 radical (unpaired) electrons. The van der Waals surface area contributed by atoms with Gasteiger partial charge in [-0.1, -0.05) is 36.8 Å². The summed E-state index contributed by atoms with van der Waals surface area (Å²) in [5, 5.41) is 24.3. The number of hydrazone groups is 1. The third-order valence-corrected chi connectivity index (χ3v) is 4.59. The minimum atomic E-state index is -5.08. The number of aliphatic hydroxyl groups excluding tert-OH is 1. The monoisotopic (exact) mass is 342 g/mol. The first-order valence-corrected chi connectivity index (χ1v) is 7.70. The van der Waals surface area contributed by atoms with Gasteiger partial charge in [-0.25, -0.2) is 0 Å². The Morgan fingerprint density at radius 1 is 1.29 bits per heavy atom. The summed E-state index contributed by atoms with van der Waals surface area (Å²) < 4.78 is 40.8. The lowest BCUT2D eigenvalue weighted by atomic mass is 9.80. The van der Waals surface area contributed by atoms with Gasteiger partial charge in [0.1, 0.15) is 0 Å². The second kappa shape index (κ2) is 5.86. The molecule has 2 aliphatic rings. The minimum Gasteiger partial charge on any atom is -0.378 e. The maximum Gasteiger partial charge on any atom is 0.439 e. The number of benzene rings is 1. The van der Waals surface area contributed by atoms with Gasteiger partial charge in [-0.05, 0) is 24.8 Å². The highest BCUT2D eigenvalue weighted by Gasteiger charge is 2.68. The Hall–Kier alpha value is -1.93. The Balaban J connectivity index is 1.98. The zero-order chi connectivity index (χ0) is 17.5. The highest BCUT2D eigenvalue weighted by atomic mass is 19.4. The van der Waals surface area contributed by atoms with E-state index in [4.69, 9.17) is 0 Å². The number of carbonyl (C=O) groups excluding carboxylic acids is 1. The first-order valence-electron chi connectivity index (χ1n) is 7.70. The molecule has 8 heteroatoms. The molecule has 1 aliphatic carbocycles. The van der Waals surface area contributed by atoms with Crippen molar-refractivity contribution in [3.8, 4) is 0 Å². The van der Waals surface area contributed by atoms with Crippen molar-refractivity contribution in [2.75, 3.05) is 0 Å². The fourth-order valence-electron chi connectivity index (χ4n) is 3.33. The molecule has 0 spiro atoms. The van der Waals surface area contributed by atoms with Crippen molar-refractivity contribution in [3.63, 3.8) is 0 Å². The SMILES string of the molecule is O=C([C@@H](O)c1ccccc1)N1N=C2CCCC[C@H]2[C@@]1(O)C(F)(F)F. The predicted molar refractivity (Wildman–Crippen MR) is 78.6 cm³/mol. The molecule has 0 unspecified atom stereocenters. The zero-order valence-corrected chi connectivity index (χ0v) is 12.7. The van der Waals surface area contributed by atoms with Crippen molar-refractivity contribution in [3.05, 3.63) is 35.9 Å². The molecule has 130 valence electrons. The number of hydrogen-bond donors (Lipinski definition) is 2. The molecule has 0 saturated heterocycles. The average Bonchev–Trinajstić information content (AvgIpc) is 2.89. The predicted octanol–water partition coefficient (Wildman–Crippen LogP) is 2.36. The highest BCUT2D eigenvalue weighted by molar-refractivity contribution is 5.94. The largest absolute Gasteiger partial charge is 0.439 e. The van der Waals surface area contributed by atoms with Crippen molar-refractivity contribution < 1.29 is 28.2 Å². The van der Waals surface area contributed by atoms with Gasteiger partial charge in [-0.15, -0.1) is 0 Å². The average molecular weight is 342 g/mol. The summed E-state index contributed by atoms with van der Waals surface area (Å²) in [6.07, 6.45) is -5.33. The third-order valence-electron chi connectivity index (χ3n) is 4.59. The first-order chi connectivity index (χ1) is 11.3. The lowest BCUT2D eigenvalue weighted by Crippen LogP contribution is -2.62. The molecular formula is C16H17F3N2O3. The number of amides is 1. The van der Waals surface area contributed by atoms with Gasteiger partial charge >= 0.3 is 6.18 Å². The van der Waals surface area contributed by atoms with Crippen molar-refractivity contribution in [2.45, 2.75) is 43.7 Å². The van der Waals surface area contributed by atoms with Crippen LogP contribution < -0.4 is 0 Å². The molecule has 1 saturated carbocycles. The fraction of sp³-hybridized carbons (Fsp3) is 0.500. The number of alkyl halides is 3. The molecule has 1 aromatic carbocycles. The van der Waals surface area contributed by atoms with Crippen LogP contribution in [-0.4, -0.2) is 38.7 Å². The lowest BCUT2D eigenvalue weighted by molar-refractivity contribution is -0.318. The number of nitrogens with zero attached hydrogens (tertiary/aromatic N) is 2. The van der Waals surface area contributed by atoms with Gasteiger partial charge in [0.15, 0.2) is 6.10 Å². The van der Waals surface area contributed by atoms with Crippen LogP contribution in [0.2, 0.25) is 0 Å². The van der Waals surface area contributed by atoms with Crippen LogP contribution in [0.3, 0.4) is 0 Å². The maximum absolute atomic E-state index is 13.6. The van der Waals surface area contributed by atoms with E-state index in [-0.39, 0.29) is 22.7 Å². The molecule has 2 N–H and O–H groups in total. The zero-order valence-electron chi connectivity index (χ0n) is 12.7. The summed E-state index contributed by atoms with van der Waals surface area (Å²) in [5.74, 6) is -2.57. The number of carbonyl (C=O) groups is 1. The Morgan fingerprint density at radius 3 is 2.58 bits per heavy atom. The highest BCUT2D eigenvalue weighted by Crippen LogP contribution is 2.48. The quantitative estimate of drug-likeness (QED) is 0.867. The summed E-state index contributed by atoms with van der Waals surface area (Å²) in [4.78, 5) is 12.5. The van der Waals surface area contributed by atoms with Crippen LogP contribution in [0.4, 0.5) is 13.2 Å². The van der Waals surface area contributed by atoms with E-state index in [9.17, 15) is 28.2 Å². The van der Waals surface area contributed by atoms with E-state index in [0.717, 1.165) is 0 Å². The molecule has 24 heavy (non-hydrogen) atoms. The van der Waals surface area contributed by atoms with Gasteiger partial charge in [-0.2, -0.15) is 23.3 Å². The topological polar surface area (TPSA) is 73.1 Å². The Bertz CT molecular complexity index is 662. The molecule has 1 heterocycles. The Kier molecular flexibility index (Phi) is 4.13. The second-order valence-electron chi connectivity index (χ2n) is 6.08. The molecule has 5 nitrogen and oxygen atoms in total. The van der Waals surface area contributed by atoms with Crippen LogP contribution in [0.1, 0.15) is 37.4 Å². The standard InChI is InChI=1S/C16H17F3N2O3/c17-16(18,19)15(24)11-8-4-5-9-12(11)20-21(15)14(23)13(22)10-6-2-1-3-7-10/h1-3,6-7,11,13,22,24H,4-5,8-9H2/t11-,13+,15-/m1/s1. The second-order valence-corrected chi connectivity index (χ2v) is 6.08. The van der Waals surface area contributed by atoms with Crippen molar-refractivity contribution >= 4 is 11.6 Å². The van der Waals surface area contributed by atoms with E-state index >= 15 is 0 Å². The molecule has 3 rings (SSSR count). The van der Waals surface area contributed by atoms with E-state index in [1.807, 2.05) is 0 Å². The Morgan fingerprint density at radius 2 is 1.96 bits per heavy atom. The normalized spacial score (nSPS) is 28.3. The van der Waals surface area contributed by atoms with Gasteiger partial charge in [0.05, 0.1) is 5.92 Å². The number of halogens is 3. The van der Waals surface area contributed by atoms with Gasteiger partial charge in [0.2, 0.25) is 0 Å². The molecule has 1 fully saturated rings. The number of hydrogen-bond acceptors (Lipinski definition) is 4. The van der Waals surface area contributed by atoms with Crippen molar-refractivity contribution in [2.24, 2.45) is 11.0 Å². The first kappa shape index (κ1) is 16.9. The summed E-state index contributed by atoms with van der Waals surface area (Å²) in [6.45, 7) is 0. The number of aliphatic hydroxyl groups is 2. The lowest BCUT2D eigenvalue weighted by Gasteiger charge is -2.38. The van der Waals surface area contributed by atoms with Gasteiger partial charge in [0.25, 0.3) is 11.6 Å². The van der Waals surface area contributed by atoms with E-state index < -0.39 is 29.8 Å². The summed E-state index contributed by atoms with van der Waals surface area (Å²) >= 11 is 0. The molecule has 1 aliphatic heterocycles. The van der Waals surface area contributed by atoms with E-state index in [0.29, 0.717) is 19.3 Å². The summed E-state index contributed by atoms with van der Waals surface area (Å²) in [7, 11) is 0. The fourth-order valence-corrected chi connectivity index (χ4v) is 3.33. The van der Waals surface area contributed by atoms with Crippen LogP contribution in [0, 0.1) is 5.92 Å². The molecule has 1 aromatic rings. The molecule has 0 aromatic heterocycles. The Labute approximate surface area is 136 Å². The van der Waals surface area contributed by atoms with Crippen molar-refractivity contribution in [1.82, 2.24) is 5.01 Å². The summed E-state index contributed by atoms with van der Waals surface area (Å²) in [5.41, 5.74) is -3.10. The number of fused-ring (bicyclic) bond motifs is 1. The molecule has 1 amide bonds. The van der Waals surface area contributed by atoms with Crippen LogP contribution >= 0.6 is 0 Å². The third kappa shape index (κ3) is 2.50. The number of rotatable bonds is 2. The molecule has 0 bridgehead atoms. The van der Waals surface area contributed by atoms with Crippen molar-refractivity contribution in [1.29, 1.82) is 0 Å². The van der Waals surface area contributed by atoms with Gasteiger partial charge in [-0.3, -0.25) is 4.79 Å². The van der Waals surface area contributed by atoms with Crippen LogP contribution in [0.5, 0.6) is 0 Å². The maximum atomic E-state index is 13.6. The minimum absolute atomic E-state index is 0.0377. The van der Waals surface area contributed by atoms with Crippen LogP contribution in [-0.2, 0) is 4.79 Å². The molecule has 3 atom stereocenters.